The number of esters is 1. The van der Waals surface area contributed by atoms with Gasteiger partial charge >= 0.3 is 5.97 Å². The molecule has 1 aliphatic rings. The van der Waals surface area contributed by atoms with Gasteiger partial charge in [0, 0.05) is 42.5 Å². The Balaban J connectivity index is 1.29. The third kappa shape index (κ3) is 3.76. The number of benzene rings is 2. The molecule has 7 heteroatoms. The Morgan fingerprint density at radius 1 is 1.03 bits per heavy atom. The van der Waals surface area contributed by atoms with Crippen molar-refractivity contribution in [3.63, 3.8) is 0 Å². The molecule has 2 aromatic carbocycles. The summed E-state index contributed by atoms with van der Waals surface area (Å²) in [5.41, 5.74) is 2.75. The number of aromatic nitrogens is 1. The topological polar surface area (TPSA) is 78.8 Å². The van der Waals surface area contributed by atoms with E-state index in [0.717, 1.165) is 16.3 Å². The molecule has 1 amide bonds. The Kier molecular flexibility index (Phi) is 5.41. The molecule has 0 spiro atoms. The van der Waals surface area contributed by atoms with Gasteiger partial charge in [0.1, 0.15) is 22.6 Å². The van der Waals surface area contributed by atoms with E-state index in [9.17, 15) is 9.59 Å². The predicted octanol–water partition coefficient (Wildman–Crippen LogP) is 4.05. The van der Waals surface area contributed by atoms with Crippen LogP contribution >= 0.6 is 0 Å². The fourth-order valence-electron chi connectivity index (χ4n) is 4.31. The number of nitrogens with zero attached hydrogens (tertiary/aromatic N) is 2. The van der Waals surface area contributed by atoms with Crippen LogP contribution in [0.4, 0.5) is 0 Å². The molecule has 0 unspecified atom stereocenters. The summed E-state index contributed by atoms with van der Waals surface area (Å²) < 4.78 is 11.3. The molecule has 1 saturated heterocycles. The number of rotatable bonds is 5. The standard InChI is InChI=1S/C25H25N3O4/c1-2-31-25(30)23-18-8-4-6-10-21(18)32-22(23)16-27-11-13-28(14-12-27)24(29)20-15-17-7-3-5-9-19(17)26-20/h3-10,15,26H,2,11-14,16H2,1H3. The van der Waals surface area contributed by atoms with Crippen LogP contribution in [0.5, 0.6) is 0 Å². The Morgan fingerprint density at radius 3 is 2.56 bits per heavy atom. The summed E-state index contributed by atoms with van der Waals surface area (Å²) in [6.07, 6.45) is 0. The van der Waals surface area contributed by atoms with E-state index in [0.29, 0.717) is 61.9 Å². The van der Waals surface area contributed by atoms with Crippen LogP contribution in [0.2, 0.25) is 0 Å². The maximum absolute atomic E-state index is 13.0. The van der Waals surface area contributed by atoms with Crippen molar-refractivity contribution in [1.29, 1.82) is 0 Å². The minimum atomic E-state index is -0.361. The van der Waals surface area contributed by atoms with Crippen molar-refractivity contribution in [2.75, 3.05) is 32.8 Å². The van der Waals surface area contributed by atoms with Gasteiger partial charge in [0.05, 0.1) is 13.2 Å². The fraction of sp³-hybridized carbons (Fsp3) is 0.280. The molecule has 5 rings (SSSR count). The van der Waals surface area contributed by atoms with Gasteiger partial charge in [-0.25, -0.2) is 4.79 Å². The highest BCUT2D eigenvalue weighted by Gasteiger charge is 2.27. The van der Waals surface area contributed by atoms with Crippen molar-refractivity contribution in [1.82, 2.24) is 14.8 Å². The van der Waals surface area contributed by atoms with E-state index in [1.807, 2.05) is 59.5 Å². The molecule has 0 bridgehead atoms. The fourth-order valence-corrected chi connectivity index (χ4v) is 4.31. The Labute approximate surface area is 185 Å². The summed E-state index contributed by atoms with van der Waals surface area (Å²) in [7, 11) is 0. The Bertz CT molecular complexity index is 1250. The first-order valence-electron chi connectivity index (χ1n) is 10.9. The van der Waals surface area contributed by atoms with E-state index in [2.05, 4.69) is 9.88 Å². The number of amides is 1. The van der Waals surface area contributed by atoms with Crippen LogP contribution in [-0.2, 0) is 11.3 Å². The second-order valence-corrected chi connectivity index (χ2v) is 7.96. The van der Waals surface area contributed by atoms with E-state index in [1.165, 1.54) is 0 Å². The van der Waals surface area contributed by atoms with E-state index >= 15 is 0 Å². The maximum Gasteiger partial charge on any atom is 0.342 e. The molecule has 0 radical (unpaired) electrons. The minimum absolute atomic E-state index is 0.0109. The highest BCUT2D eigenvalue weighted by Crippen LogP contribution is 2.28. The number of piperazine rings is 1. The van der Waals surface area contributed by atoms with Crippen molar-refractivity contribution in [3.8, 4) is 0 Å². The number of ether oxygens (including phenoxy) is 1. The van der Waals surface area contributed by atoms with Crippen molar-refractivity contribution in [2.24, 2.45) is 0 Å². The highest BCUT2D eigenvalue weighted by atomic mass is 16.5. The molecule has 164 valence electrons. The van der Waals surface area contributed by atoms with Crippen LogP contribution < -0.4 is 0 Å². The minimum Gasteiger partial charge on any atom is -0.462 e. The predicted molar refractivity (Wildman–Crippen MR) is 122 cm³/mol. The third-order valence-electron chi connectivity index (χ3n) is 5.94. The van der Waals surface area contributed by atoms with Crippen LogP contribution in [0.15, 0.2) is 59.0 Å². The van der Waals surface area contributed by atoms with Gasteiger partial charge < -0.3 is 19.0 Å². The summed E-state index contributed by atoms with van der Waals surface area (Å²) in [5.74, 6) is 0.261. The number of hydrogen-bond acceptors (Lipinski definition) is 5. The van der Waals surface area contributed by atoms with Gasteiger partial charge in [0.25, 0.3) is 5.91 Å². The summed E-state index contributed by atoms with van der Waals surface area (Å²) in [5, 5.41) is 1.81. The third-order valence-corrected chi connectivity index (χ3v) is 5.94. The summed E-state index contributed by atoms with van der Waals surface area (Å²) in [6, 6.07) is 17.3. The molecule has 0 atom stereocenters. The van der Waals surface area contributed by atoms with Gasteiger partial charge in [0.15, 0.2) is 0 Å². The normalized spacial score (nSPS) is 14.8. The SMILES string of the molecule is CCOC(=O)c1c(CN2CCN(C(=O)c3cc4ccccc4[nH]3)CC2)oc2ccccc12. The number of nitrogens with one attached hydrogen (secondary N) is 1. The van der Waals surface area contributed by atoms with E-state index in [4.69, 9.17) is 9.15 Å². The first-order chi connectivity index (χ1) is 15.6. The molecule has 1 aliphatic heterocycles. The molecule has 3 heterocycles. The van der Waals surface area contributed by atoms with Crippen LogP contribution in [0, 0.1) is 0 Å². The van der Waals surface area contributed by atoms with Gasteiger partial charge in [-0.3, -0.25) is 9.69 Å². The van der Waals surface area contributed by atoms with E-state index in [1.54, 1.807) is 6.92 Å². The molecule has 0 saturated carbocycles. The van der Waals surface area contributed by atoms with Crippen molar-refractivity contribution >= 4 is 33.7 Å². The first kappa shape index (κ1) is 20.3. The van der Waals surface area contributed by atoms with Gasteiger partial charge in [-0.2, -0.15) is 0 Å². The van der Waals surface area contributed by atoms with Crippen molar-refractivity contribution < 1.29 is 18.7 Å². The smallest absolute Gasteiger partial charge is 0.342 e. The van der Waals surface area contributed by atoms with Gasteiger partial charge in [-0.1, -0.05) is 36.4 Å². The van der Waals surface area contributed by atoms with Crippen LogP contribution in [0.25, 0.3) is 21.9 Å². The summed E-state index contributed by atoms with van der Waals surface area (Å²) >= 11 is 0. The number of hydrogen-bond donors (Lipinski definition) is 1. The molecule has 0 aliphatic carbocycles. The largest absolute Gasteiger partial charge is 0.462 e. The zero-order chi connectivity index (χ0) is 22.1. The molecule has 32 heavy (non-hydrogen) atoms. The zero-order valence-corrected chi connectivity index (χ0v) is 18.0. The quantitative estimate of drug-likeness (QED) is 0.483. The van der Waals surface area contributed by atoms with E-state index < -0.39 is 0 Å². The Morgan fingerprint density at radius 2 is 1.78 bits per heavy atom. The number of furan rings is 1. The number of para-hydroxylation sites is 2. The van der Waals surface area contributed by atoms with Crippen molar-refractivity contribution in [2.45, 2.75) is 13.5 Å². The summed E-state index contributed by atoms with van der Waals surface area (Å²) in [4.78, 5) is 32.9. The first-order valence-corrected chi connectivity index (χ1v) is 10.9. The number of carbonyl (C=O) groups is 2. The van der Waals surface area contributed by atoms with Gasteiger partial charge in [-0.15, -0.1) is 0 Å². The van der Waals surface area contributed by atoms with Crippen molar-refractivity contribution in [3.05, 3.63) is 71.6 Å². The second-order valence-electron chi connectivity index (χ2n) is 7.96. The average Bonchev–Trinajstić information content (AvgIpc) is 3.40. The number of H-pyrrole nitrogens is 1. The lowest BCUT2D eigenvalue weighted by molar-refractivity contribution is 0.0522. The highest BCUT2D eigenvalue weighted by molar-refractivity contribution is 6.04. The van der Waals surface area contributed by atoms with Crippen LogP contribution in [-0.4, -0.2) is 59.4 Å². The monoisotopic (exact) mass is 431 g/mol. The lowest BCUT2D eigenvalue weighted by Crippen LogP contribution is -2.48. The lowest BCUT2D eigenvalue weighted by atomic mass is 10.1. The molecule has 1 fully saturated rings. The molecule has 4 aromatic rings. The maximum atomic E-state index is 13.0. The molecular formula is C25H25N3O4. The molecule has 7 nitrogen and oxygen atoms in total. The molecular weight excluding hydrogens is 406 g/mol. The van der Waals surface area contributed by atoms with Gasteiger partial charge in [0.2, 0.25) is 0 Å². The number of fused-ring (bicyclic) bond motifs is 2. The number of aromatic amines is 1. The molecule has 1 N–H and O–H groups in total. The van der Waals surface area contributed by atoms with E-state index in [-0.39, 0.29) is 11.9 Å². The molecule has 2 aromatic heterocycles. The van der Waals surface area contributed by atoms with Crippen LogP contribution in [0.1, 0.15) is 33.5 Å². The van der Waals surface area contributed by atoms with Crippen LogP contribution in [0.3, 0.4) is 0 Å². The van der Waals surface area contributed by atoms with Gasteiger partial charge in [-0.05, 0) is 25.1 Å². The Hall–Kier alpha value is -3.58. The zero-order valence-electron chi connectivity index (χ0n) is 18.0. The second kappa shape index (κ2) is 8.51. The lowest BCUT2D eigenvalue weighted by Gasteiger charge is -2.34. The average molecular weight is 431 g/mol. The number of carbonyl (C=O) groups excluding carboxylic acids is 2. The summed E-state index contributed by atoms with van der Waals surface area (Å²) in [6.45, 7) is 5.23.